The molecule has 0 bridgehead atoms. The van der Waals surface area contributed by atoms with Crippen LogP contribution in [0.1, 0.15) is 5.56 Å². The van der Waals surface area contributed by atoms with Gasteiger partial charge >= 0.3 is 6.18 Å². The van der Waals surface area contributed by atoms with Crippen LogP contribution < -0.4 is 26.2 Å². The lowest BCUT2D eigenvalue weighted by Gasteiger charge is -2.44. The van der Waals surface area contributed by atoms with Crippen molar-refractivity contribution in [1.82, 2.24) is 19.5 Å². The SMILES string of the molecule is FC(F)(F)c1ccc(-n2c3ccc(-c4ccccc4)cc3c3cc(-c4cc5c6c(c4)N(c4ccc(-c7ccccc7)cc4)c4cc(I)ccc4B6c4ccc(I)cc4N5c4ccc(-c5ccccc5)cc4)ccc32)c(-c2nc(-c3ccccc3)nc(-c3ccccc3)n2)c1. The fraction of sp³-hybridized carbons (Fsp3) is 0.0122. The Hall–Kier alpha value is -10.4. The summed E-state index contributed by atoms with van der Waals surface area (Å²) in [6.45, 7) is -0.121. The highest BCUT2D eigenvalue weighted by Crippen LogP contribution is 2.49. The van der Waals surface area contributed by atoms with Crippen molar-refractivity contribution < 1.29 is 13.2 Å². The summed E-state index contributed by atoms with van der Waals surface area (Å²) in [5, 5.41) is 1.83. The van der Waals surface area contributed by atoms with E-state index in [1.807, 2.05) is 91.0 Å². The summed E-state index contributed by atoms with van der Waals surface area (Å²) in [7, 11) is 0. The summed E-state index contributed by atoms with van der Waals surface area (Å²) < 4.78 is 50.1. The summed E-state index contributed by atoms with van der Waals surface area (Å²) in [4.78, 5) is 19.9. The molecule has 0 N–H and O–H groups in total. The van der Waals surface area contributed by atoms with Gasteiger partial charge in [-0.25, -0.2) is 15.0 Å². The summed E-state index contributed by atoms with van der Waals surface area (Å²) >= 11 is 4.90. The molecule has 0 saturated carbocycles. The van der Waals surface area contributed by atoms with Crippen LogP contribution in [0.4, 0.5) is 47.3 Å². The Morgan fingerprint density at radius 2 is 0.691 bits per heavy atom. The number of rotatable bonds is 10. The second-order valence-corrected chi connectivity index (χ2v) is 26.2. The number of nitrogens with zero attached hydrogens (tertiary/aromatic N) is 6. The fourth-order valence-corrected chi connectivity index (χ4v) is 14.8. The zero-order valence-corrected chi connectivity index (χ0v) is 54.3. The van der Waals surface area contributed by atoms with Gasteiger partial charge in [0.2, 0.25) is 0 Å². The molecule has 2 aromatic heterocycles. The molecule has 0 fully saturated rings. The molecule has 6 nitrogen and oxygen atoms in total. The van der Waals surface area contributed by atoms with E-state index in [4.69, 9.17) is 15.0 Å². The van der Waals surface area contributed by atoms with E-state index < -0.39 is 11.7 Å². The summed E-state index contributed by atoms with van der Waals surface area (Å²) in [6, 6.07) is 103. The second-order valence-electron chi connectivity index (χ2n) is 23.7. The van der Waals surface area contributed by atoms with Gasteiger partial charge in [-0.15, -0.1) is 0 Å². The highest BCUT2D eigenvalue weighted by Gasteiger charge is 2.44. The molecule has 0 saturated heterocycles. The van der Waals surface area contributed by atoms with Gasteiger partial charge in [0.1, 0.15) is 0 Å². The fourth-order valence-electron chi connectivity index (χ4n) is 13.8. The number of anilines is 6. The van der Waals surface area contributed by atoms with E-state index in [-0.39, 0.29) is 18.1 Å². The Labute approximate surface area is 568 Å². The Kier molecular flexibility index (Phi) is 14.3. The van der Waals surface area contributed by atoms with Crippen molar-refractivity contribution in [3.05, 3.63) is 316 Å². The van der Waals surface area contributed by atoms with Crippen molar-refractivity contribution >= 4 is 124 Å². The highest BCUT2D eigenvalue weighted by atomic mass is 127. The Bertz CT molecular complexity index is 5230. The number of alkyl halides is 3. The van der Waals surface area contributed by atoms with Crippen LogP contribution in [-0.2, 0) is 6.18 Å². The number of benzene rings is 13. The minimum absolute atomic E-state index is 0.105. The Morgan fingerprint density at radius 1 is 0.309 bits per heavy atom. The van der Waals surface area contributed by atoms with Crippen molar-refractivity contribution in [2.75, 3.05) is 9.80 Å². The summed E-state index contributed by atoms with van der Waals surface area (Å²) in [6.07, 6.45) is -4.68. The first kappa shape index (κ1) is 57.5. The maximum Gasteiger partial charge on any atom is 0.416 e. The van der Waals surface area contributed by atoms with Gasteiger partial charge in [0.05, 0.1) is 22.3 Å². The highest BCUT2D eigenvalue weighted by molar-refractivity contribution is 14.1. The van der Waals surface area contributed by atoms with Crippen LogP contribution in [0.25, 0.3) is 106 Å². The van der Waals surface area contributed by atoms with E-state index in [1.165, 1.54) is 22.5 Å². The molecule has 0 atom stereocenters. The van der Waals surface area contributed by atoms with E-state index in [0.29, 0.717) is 28.5 Å². The lowest BCUT2D eigenvalue weighted by atomic mass is 9.33. The Balaban J connectivity index is 0.924. The average molecular weight is 1440 g/mol. The maximum absolute atomic E-state index is 15.3. The summed E-state index contributed by atoms with van der Waals surface area (Å²) in [5.41, 5.74) is 21.3. The molecule has 4 heterocycles. The Morgan fingerprint density at radius 3 is 1.13 bits per heavy atom. The van der Waals surface area contributed by atoms with Crippen LogP contribution in [0.5, 0.6) is 0 Å². The smallest absolute Gasteiger partial charge is 0.311 e. The number of hydrogen-bond donors (Lipinski definition) is 0. The number of aromatic nitrogens is 4. The third-order valence-electron chi connectivity index (χ3n) is 18.2. The second kappa shape index (κ2) is 23.3. The van der Waals surface area contributed by atoms with Crippen molar-refractivity contribution in [3.8, 4) is 84.4 Å². The zero-order chi connectivity index (χ0) is 63.2. The van der Waals surface area contributed by atoms with Gasteiger partial charge in [0.25, 0.3) is 6.71 Å². The summed E-state index contributed by atoms with van der Waals surface area (Å²) in [5.74, 6) is 0.780. The molecule has 0 amide bonds. The zero-order valence-electron chi connectivity index (χ0n) is 50.0. The first-order valence-electron chi connectivity index (χ1n) is 31.0. The lowest BCUT2D eigenvalue weighted by molar-refractivity contribution is -0.137. The number of fused-ring (bicyclic) bond motifs is 7. The van der Waals surface area contributed by atoms with Crippen LogP contribution in [0.2, 0.25) is 0 Å². The van der Waals surface area contributed by atoms with Crippen molar-refractivity contribution in [3.63, 3.8) is 0 Å². The van der Waals surface area contributed by atoms with Crippen LogP contribution in [0.3, 0.4) is 0 Å². The average Bonchev–Trinajstić information content (AvgIpc) is 0.732. The predicted octanol–water partition coefficient (Wildman–Crippen LogP) is 20.9. The third-order valence-corrected chi connectivity index (χ3v) is 19.5. The molecule has 446 valence electrons. The molecule has 0 unspecified atom stereocenters. The maximum atomic E-state index is 15.3. The third kappa shape index (κ3) is 10.1. The first-order valence-corrected chi connectivity index (χ1v) is 33.1. The lowest BCUT2D eigenvalue weighted by Crippen LogP contribution is -2.61. The largest absolute Gasteiger partial charge is 0.416 e. The molecule has 15 aromatic rings. The van der Waals surface area contributed by atoms with Gasteiger partial charge < -0.3 is 14.4 Å². The number of hydrogen-bond acceptors (Lipinski definition) is 5. The van der Waals surface area contributed by atoms with Gasteiger partial charge in [-0.05, 0) is 209 Å². The quantitative estimate of drug-likeness (QED) is 0.101. The first-order chi connectivity index (χ1) is 46.0. The van der Waals surface area contributed by atoms with E-state index in [1.54, 1.807) is 6.07 Å². The molecule has 94 heavy (non-hydrogen) atoms. The van der Waals surface area contributed by atoms with Crippen LogP contribution in [0, 0.1) is 7.14 Å². The van der Waals surface area contributed by atoms with Crippen molar-refractivity contribution in [1.29, 1.82) is 0 Å². The minimum atomic E-state index is -4.68. The number of halogens is 5. The molecular weight excluding hydrogens is 1390 g/mol. The van der Waals surface area contributed by atoms with Crippen LogP contribution in [-0.4, -0.2) is 26.2 Å². The normalized spacial score (nSPS) is 12.5. The standard InChI is InChI=1S/C82H50BF3I2N6/c84-82(85,86)61-32-43-73(68(48-61)81-90-79(56-22-12-4-13-23-56)89-80(91-81)57-24-14-5-15-25-57)94-71-41-30-58(53-20-10-3-11-21-53)44-66(71)67-45-59(31-42-72(67)94)60-46-76-78-77(47-60)93(65-37-28-55(29-38-65)52-18-8-2-9-19-52)75-50-63(88)34-40-70(75)83(78)69-39-33-62(87)49-74(69)92(76)64-35-26-54(27-36-64)51-16-6-1-7-17-51/h1-50H. The van der Waals surface area contributed by atoms with Gasteiger partial charge in [-0.3, -0.25) is 0 Å². The van der Waals surface area contributed by atoms with Crippen molar-refractivity contribution in [2.24, 2.45) is 0 Å². The predicted molar refractivity (Wildman–Crippen MR) is 397 cm³/mol. The molecule has 13 aromatic carbocycles. The molecule has 12 heteroatoms. The van der Waals surface area contributed by atoms with Gasteiger partial charge in [-0.2, -0.15) is 13.2 Å². The molecule has 0 aliphatic carbocycles. The molecule has 17 rings (SSSR count). The molecular formula is C82H50BF3I2N6. The molecule has 2 aliphatic rings. The van der Waals surface area contributed by atoms with Gasteiger partial charge in [0.15, 0.2) is 17.5 Å². The van der Waals surface area contributed by atoms with E-state index >= 15 is 13.2 Å². The minimum Gasteiger partial charge on any atom is -0.311 e. The van der Waals surface area contributed by atoms with E-state index in [9.17, 15) is 0 Å². The molecule has 0 radical (unpaired) electrons. The van der Waals surface area contributed by atoms with Crippen molar-refractivity contribution in [2.45, 2.75) is 6.18 Å². The van der Waals surface area contributed by atoms with E-state index in [2.05, 4.69) is 254 Å². The molecule has 0 spiro atoms. The van der Waals surface area contributed by atoms with Crippen LogP contribution >= 0.6 is 45.2 Å². The molecule has 2 aliphatic heterocycles. The topological polar surface area (TPSA) is 50.1 Å². The van der Waals surface area contributed by atoms with E-state index in [0.717, 1.165) is 114 Å². The van der Waals surface area contributed by atoms with Gasteiger partial charge in [0, 0.05) is 68.7 Å². The monoisotopic (exact) mass is 1440 g/mol. The van der Waals surface area contributed by atoms with Crippen LogP contribution in [0.15, 0.2) is 303 Å². The van der Waals surface area contributed by atoms with Gasteiger partial charge in [-0.1, -0.05) is 200 Å².